The summed E-state index contributed by atoms with van der Waals surface area (Å²) >= 11 is 0. The van der Waals surface area contributed by atoms with Crippen LogP contribution >= 0.6 is 0 Å². The molecule has 16 heteroatoms. The number of ketones is 2. The molecule has 4 heterocycles. The molecule has 0 unspecified atom stereocenters. The zero-order chi connectivity index (χ0) is 38.9. The Balaban J connectivity index is 1.29. The molecule has 6 N–H and O–H groups in total. The summed E-state index contributed by atoms with van der Waals surface area (Å²) in [5, 5.41) is 44.0. The van der Waals surface area contributed by atoms with Gasteiger partial charge in [0.2, 0.25) is 12.2 Å². The van der Waals surface area contributed by atoms with Gasteiger partial charge in [0.05, 0.1) is 17.8 Å². The first-order valence-electron chi connectivity index (χ1n) is 18.6. The maximum atomic E-state index is 14.4. The molecular formula is C40H39N5O11. The number of ether oxygens (including phenoxy) is 4. The van der Waals surface area contributed by atoms with Crippen LogP contribution in [0.3, 0.4) is 0 Å². The number of aliphatic hydroxyl groups is 4. The predicted octanol–water partition coefficient (Wildman–Crippen LogP) is 1.36. The third-order valence-corrected chi connectivity index (χ3v) is 11.5. The number of fused-ring (bicyclic) bond motifs is 7. The molecule has 2 fully saturated rings. The summed E-state index contributed by atoms with van der Waals surface area (Å²) in [6, 6.07) is 15.3. The van der Waals surface area contributed by atoms with Crippen LogP contribution in [-0.2, 0) is 14.3 Å². The van der Waals surface area contributed by atoms with Gasteiger partial charge in [-0.1, -0.05) is 55.3 Å². The summed E-state index contributed by atoms with van der Waals surface area (Å²) in [5.41, 5.74) is 6.80. The summed E-state index contributed by atoms with van der Waals surface area (Å²) in [6.45, 7) is -0.645. The maximum Gasteiger partial charge on any atom is 0.302 e. The van der Waals surface area contributed by atoms with Crippen molar-refractivity contribution in [3.8, 4) is 11.5 Å². The van der Waals surface area contributed by atoms with Gasteiger partial charge in [-0.3, -0.25) is 19.4 Å². The number of amides is 1. The van der Waals surface area contributed by atoms with Gasteiger partial charge in [0, 0.05) is 40.5 Å². The van der Waals surface area contributed by atoms with Gasteiger partial charge < -0.3 is 50.0 Å². The van der Waals surface area contributed by atoms with E-state index in [0.29, 0.717) is 29.7 Å². The number of amidine groups is 1. The molecule has 6 atom stereocenters. The van der Waals surface area contributed by atoms with Gasteiger partial charge in [-0.25, -0.2) is 0 Å². The van der Waals surface area contributed by atoms with Gasteiger partial charge in [0.25, 0.3) is 0 Å². The van der Waals surface area contributed by atoms with Crippen LogP contribution in [0.2, 0.25) is 0 Å². The lowest BCUT2D eigenvalue weighted by Crippen LogP contribution is -2.65. The maximum absolute atomic E-state index is 14.4. The number of para-hydroxylation sites is 1. The fourth-order valence-electron chi connectivity index (χ4n) is 8.92. The number of hydrogen-bond acceptors (Lipinski definition) is 15. The molecule has 1 spiro atoms. The van der Waals surface area contributed by atoms with Gasteiger partial charge in [0.1, 0.15) is 37.7 Å². The molecule has 0 radical (unpaired) electrons. The van der Waals surface area contributed by atoms with E-state index in [1.807, 2.05) is 24.3 Å². The van der Waals surface area contributed by atoms with Crippen LogP contribution in [0.25, 0.3) is 0 Å². The molecule has 3 aromatic carbocycles. The number of aliphatic imine (C=N–C) groups is 3. The molecule has 1 saturated carbocycles. The Morgan fingerprint density at radius 1 is 0.893 bits per heavy atom. The molecular weight excluding hydrogens is 726 g/mol. The number of benzene rings is 3. The van der Waals surface area contributed by atoms with Crippen molar-refractivity contribution in [2.24, 2.45) is 20.7 Å². The first-order chi connectivity index (χ1) is 27.1. The highest BCUT2D eigenvalue weighted by atomic mass is 16.7. The smallest absolute Gasteiger partial charge is 0.302 e. The predicted molar refractivity (Wildman–Crippen MR) is 199 cm³/mol. The van der Waals surface area contributed by atoms with Crippen LogP contribution in [0, 0.1) is 0 Å². The molecule has 56 heavy (non-hydrogen) atoms. The van der Waals surface area contributed by atoms with E-state index in [4.69, 9.17) is 24.7 Å². The number of rotatable bonds is 5. The molecule has 9 rings (SSSR count). The molecule has 16 nitrogen and oxygen atoms in total. The Bertz CT molecular complexity index is 2250. The fraction of sp³-hybridized carbons (Fsp3) is 0.400. The lowest BCUT2D eigenvalue weighted by molar-refractivity contribution is -0.309. The second-order valence-electron chi connectivity index (χ2n) is 14.6. The van der Waals surface area contributed by atoms with Crippen LogP contribution in [-0.4, -0.2) is 118 Å². The van der Waals surface area contributed by atoms with Gasteiger partial charge >= 0.3 is 5.91 Å². The number of guanidine groups is 1. The third-order valence-electron chi connectivity index (χ3n) is 11.5. The number of nitrogens with zero attached hydrogens (tertiary/aromatic N) is 4. The number of nitrogens with two attached hydrogens (primary N) is 1. The SMILES string of the molecule is NC1=NC(=O)C2=NCN(c3ccccc3[C@H]3CCOC4(CCCC4)[C@@H]4O[C@H](Oc5c3cc3c(c5OCCO)C(=O)c5ccccc5C3=O)[C@@H](O)[C@H](O)[C@H]4O)C2=N1. The van der Waals surface area contributed by atoms with Crippen LogP contribution in [0.5, 0.6) is 11.5 Å². The Kier molecular flexibility index (Phi) is 9.06. The molecule has 3 aromatic rings. The second kappa shape index (κ2) is 14.0. The zero-order valence-corrected chi connectivity index (χ0v) is 30.0. The highest BCUT2D eigenvalue weighted by Gasteiger charge is 2.56. The van der Waals surface area contributed by atoms with Crippen molar-refractivity contribution in [1.29, 1.82) is 0 Å². The van der Waals surface area contributed by atoms with Gasteiger partial charge in [-0.2, -0.15) is 9.98 Å². The molecule has 1 saturated heterocycles. The normalized spacial score (nSPS) is 27.9. The molecule has 1 amide bonds. The Hall–Kier alpha value is -5.36. The largest absolute Gasteiger partial charge is 0.486 e. The van der Waals surface area contributed by atoms with Gasteiger partial charge in [0.15, 0.2) is 34.6 Å². The van der Waals surface area contributed by atoms with E-state index in [9.17, 15) is 34.8 Å². The minimum atomic E-state index is -1.77. The summed E-state index contributed by atoms with van der Waals surface area (Å²) in [4.78, 5) is 55.8. The van der Waals surface area contributed by atoms with Crippen molar-refractivity contribution in [3.05, 3.63) is 88.0 Å². The molecule has 290 valence electrons. The van der Waals surface area contributed by atoms with Gasteiger partial charge in [-0.05, 0) is 37.0 Å². The van der Waals surface area contributed by atoms with Crippen molar-refractivity contribution >= 4 is 40.7 Å². The fourth-order valence-corrected chi connectivity index (χ4v) is 8.92. The number of aliphatic hydroxyl groups excluding tert-OH is 4. The Labute approximate surface area is 319 Å². The molecule has 0 aromatic heterocycles. The lowest BCUT2D eigenvalue weighted by atomic mass is 9.79. The number of anilines is 1. The summed E-state index contributed by atoms with van der Waals surface area (Å²) in [7, 11) is 0. The van der Waals surface area contributed by atoms with E-state index < -0.39 is 66.3 Å². The van der Waals surface area contributed by atoms with Crippen molar-refractivity contribution in [3.63, 3.8) is 0 Å². The number of hydrogen-bond donors (Lipinski definition) is 5. The number of carbonyl (C=O) groups excluding carboxylic acids is 3. The van der Waals surface area contributed by atoms with Crippen LogP contribution in [0.4, 0.5) is 5.69 Å². The van der Waals surface area contributed by atoms with Crippen LogP contribution in [0.1, 0.15) is 81.0 Å². The van der Waals surface area contributed by atoms with E-state index in [1.54, 1.807) is 35.2 Å². The van der Waals surface area contributed by atoms with Crippen molar-refractivity contribution in [2.75, 3.05) is 31.4 Å². The third kappa shape index (κ3) is 5.66. The Morgan fingerprint density at radius 2 is 1.62 bits per heavy atom. The first kappa shape index (κ1) is 36.3. The van der Waals surface area contributed by atoms with E-state index >= 15 is 0 Å². The average molecular weight is 766 g/mol. The molecule has 6 aliphatic rings. The van der Waals surface area contributed by atoms with Crippen LogP contribution in [0.15, 0.2) is 69.6 Å². The quantitative estimate of drug-likeness (QED) is 0.193. The zero-order valence-electron chi connectivity index (χ0n) is 30.0. The second-order valence-corrected chi connectivity index (χ2v) is 14.6. The minimum absolute atomic E-state index is 0.0216. The highest BCUT2D eigenvalue weighted by Crippen LogP contribution is 2.51. The van der Waals surface area contributed by atoms with E-state index in [-0.39, 0.29) is 77.6 Å². The first-order valence-corrected chi connectivity index (χ1v) is 18.6. The topological polar surface area (TPSA) is 235 Å². The number of carbonyl (C=O) groups is 3. The molecule has 4 aliphatic heterocycles. The average Bonchev–Trinajstić information content (AvgIpc) is 3.86. The molecule has 2 bridgehead atoms. The van der Waals surface area contributed by atoms with E-state index in [1.165, 1.54) is 0 Å². The molecule has 2 aliphatic carbocycles. The van der Waals surface area contributed by atoms with E-state index in [0.717, 1.165) is 12.8 Å². The summed E-state index contributed by atoms with van der Waals surface area (Å²) < 4.78 is 25.9. The van der Waals surface area contributed by atoms with Gasteiger partial charge in [-0.15, -0.1) is 0 Å². The lowest BCUT2D eigenvalue weighted by Gasteiger charge is -2.47. The summed E-state index contributed by atoms with van der Waals surface area (Å²) in [6.07, 6.45) is -4.93. The van der Waals surface area contributed by atoms with Crippen LogP contribution < -0.4 is 20.1 Å². The standard InChI is InChI=1S/C40H39N5O11/c41-39-43-36-27(37(52)44-39)42-18-45(36)25-10-4-3-7-20(25)19-11-15-54-40(12-5-6-13-40)35-31(50)30(49)32(51)38(56-35)55-33-23(19)17-24-26(34(33)53-16-14-46)29(48)22-9-2-1-8-21(22)28(24)47/h1-4,7-10,17,19,30-32,35,38,46,49-51H,5-6,11-16,18H2,(H2,41,44,52)/t19-,30-,31-,32+,35-,38+/m1/s1. The summed E-state index contributed by atoms with van der Waals surface area (Å²) in [5.74, 6) is -2.54. The van der Waals surface area contributed by atoms with Crippen molar-refractivity contribution in [2.45, 2.75) is 74.3 Å². The van der Waals surface area contributed by atoms with Crippen molar-refractivity contribution < 1.29 is 53.8 Å². The van der Waals surface area contributed by atoms with Crippen molar-refractivity contribution in [1.82, 2.24) is 0 Å². The minimum Gasteiger partial charge on any atom is -0.486 e. The van der Waals surface area contributed by atoms with E-state index in [2.05, 4.69) is 15.0 Å². The Morgan fingerprint density at radius 3 is 2.39 bits per heavy atom. The highest BCUT2D eigenvalue weighted by molar-refractivity contribution is 6.72. The monoisotopic (exact) mass is 765 g/mol.